The van der Waals surface area contributed by atoms with Crippen LogP contribution in [0.4, 0.5) is 5.13 Å². The molecule has 0 amide bonds. The maximum Gasteiger partial charge on any atom is 0.183 e. The van der Waals surface area contributed by atoms with Crippen LogP contribution in [-0.4, -0.2) is 15.6 Å². The minimum atomic E-state index is 0.679. The van der Waals surface area contributed by atoms with Crippen LogP contribution in [0.2, 0.25) is 0 Å². The normalized spacial score (nSPS) is 18.8. The van der Waals surface area contributed by atoms with Crippen LogP contribution in [0.1, 0.15) is 43.1 Å². The van der Waals surface area contributed by atoms with Crippen molar-refractivity contribution in [2.45, 2.75) is 51.6 Å². The molecule has 0 aromatic carbocycles. The first-order chi connectivity index (χ1) is 9.22. The molecule has 0 radical (unpaired) electrons. The molecule has 2 fully saturated rings. The van der Waals surface area contributed by atoms with E-state index in [9.17, 15) is 0 Å². The van der Waals surface area contributed by atoms with E-state index in [1.165, 1.54) is 42.6 Å². The summed E-state index contributed by atoms with van der Waals surface area (Å²) in [6.45, 7) is 4.44. The third kappa shape index (κ3) is 2.08. The van der Waals surface area contributed by atoms with E-state index in [1.807, 2.05) is 0 Å². The van der Waals surface area contributed by atoms with Crippen molar-refractivity contribution in [2.24, 2.45) is 0 Å². The Morgan fingerprint density at radius 2 is 2.05 bits per heavy atom. The number of hydrogen-bond donors (Lipinski definition) is 1. The summed E-state index contributed by atoms with van der Waals surface area (Å²) in [6.07, 6.45) is 5.26. The van der Waals surface area contributed by atoms with Crippen molar-refractivity contribution in [3.05, 3.63) is 22.8 Å². The predicted octanol–water partition coefficient (Wildman–Crippen LogP) is 4.14. The summed E-state index contributed by atoms with van der Waals surface area (Å²) in [7, 11) is 0. The van der Waals surface area contributed by atoms with Gasteiger partial charge in [-0.1, -0.05) is 0 Å². The Morgan fingerprint density at radius 3 is 2.74 bits per heavy atom. The van der Waals surface area contributed by atoms with Crippen LogP contribution in [0.5, 0.6) is 0 Å². The molecule has 0 spiro atoms. The standard InChI is InChI=1S/C15H19N3S/c1-9-7-13(10(2)18(9)12-5-6-12)14-8-19-15(17-14)16-11-3-4-11/h7-8,11-12H,3-6H2,1-2H3,(H,16,17). The molecule has 2 aromatic rings. The van der Waals surface area contributed by atoms with Gasteiger partial charge in [-0.2, -0.15) is 0 Å². The largest absolute Gasteiger partial charge is 0.359 e. The smallest absolute Gasteiger partial charge is 0.183 e. The monoisotopic (exact) mass is 273 g/mol. The van der Waals surface area contributed by atoms with Gasteiger partial charge in [-0.05, 0) is 45.6 Å². The molecule has 3 nitrogen and oxygen atoms in total. The van der Waals surface area contributed by atoms with Gasteiger partial charge in [-0.15, -0.1) is 11.3 Å². The second kappa shape index (κ2) is 4.10. The number of nitrogens with one attached hydrogen (secondary N) is 1. The highest BCUT2D eigenvalue weighted by Gasteiger charge is 2.28. The van der Waals surface area contributed by atoms with Gasteiger partial charge in [-0.3, -0.25) is 0 Å². The van der Waals surface area contributed by atoms with Gasteiger partial charge in [0.15, 0.2) is 5.13 Å². The highest BCUT2D eigenvalue weighted by Crippen LogP contribution is 2.41. The second-order valence-electron chi connectivity index (χ2n) is 5.84. The predicted molar refractivity (Wildman–Crippen MR) is 79.9 cm³/mol. The molecule has 2 saturated carbocycles. The Hall–Kier alpha value is -1.29. The number of nitrogens with zero attached hydrogens (tertiary/aromatic N) is 2. The van der Waals surface area contributed by atoms with E-state index < -0.39 is 0 Å². The van der Waals surface area contributed by atoms with E-state index in [4.69, 9.17) is 4.98 Å². The minimum absolute atomic E-state index is 0.679. The maximum absolute atomic E-state index is 4.75. The number of thiazole rings is 1. The van der Waals surface area contributed by atoms with Crippen LogP contribution in [0.25, 0.3) is 11.3 Å². The van der Waals surface area contributed by atoms with Crippen molar-refractivity contribution in [2.75, 3.05) is 5.32 Å². The molecule has 1 N–H and O–H groups in total. The van der Waals surface area contributed by atoms with Gasteiger partial charge in [0.05, 0.1) is 5.69 Å². The fraction of sp³-hybridized carbons (Fsp3) is 0.533. The van der Waals surface area contributed by atoms with Crippen LogP contribution >= 0.6 is 11.3 Å². The van der Waals surface area contributed by atoms with E-state index in [0.29, 0.717) is 6.04 Å². The molecule has 19 heavy (non-hydrogen) atoms. The number of anilines is 1. The zero-order valence-corrected chi connectivity index (χ0v) is 12.3. The lowest BCUT2D eigenvalue weighted by Crippen LogP contribution is -2.00. The molecule has 0 aliphatic heterocycles. The van der Waals surface area contributed by atoms with Crippen molar-refractivity contribution in [3.63, 3.8) is 0 Å². The maximum atomic E-state index is 4.75. The fourth-order valence-electron chi connectivity index (χ4n) is 2.80. The lowest BCUT2D eigenvalue weighted by Gasteiger charge is -2.06. The van der Waals surface area contributed by atoms with Crippen LogP contribution < -0.4 is 5.32 Å². The molecular formula is C15H19N3S. The van der Waals surface area contributed by atoms with E-state index >= 15 is 0 Å². The summed E-state index contributed by atoms with van der Waals surface area (Å²) in [5.41, 5.74) is 5.20. The molecule has 2 heterocycles. The average Bonchev–Trinajstić information content (AvgIpc) is 3.28. The van der Waals surface area contributed by atoms with E-state index in [0.717, 1.165) is 16.9 Å². The zero-order chi connectivity index (χ0) is 13.0. The third-order valence-corrected chi connectivity index (χ3v) is 4.85. The molecule has 2 aliphatic rings. The number of aromatic nitrogens is 2. The second-order valence-corrected chi connectivity index (χ2v) is 6.70. The Morgan fingerprint density at radius 1 is 1.26 bits per heavy atom. The van der Waals surface area contributed by atoms with Crippen molar-refractivity contribution in [3.8, 4) is 11.3 Å². The Kier molecular flexibility index (Phi) is 2.49. The summed E-state index contributed by atoms with van der Waals surface area (Å²) < 4.78 is 2.49. The number of hydrogen-bond acceptors (Lipinski definition) is 3. The highest BCUT2D eigenvalue weighted by atomic mass is 32.1. The summed E-state index contributed by atoms with van der Waals surface area (Å²) in [6, 6.07) is 3.72. The topological polar surface area (TPSA) is 29.9 Å². The molecule has 0 saturated heterocycles. The molecule has 4 heteroatoms. The summed E-state index contributed by atoms with van der Waals surface area (Å²) in [4.78, 5) is 4.75. The molecule has 2 aliphatic carbocycles. The number of aryl methyl sites for hydroxylation is 1. The summed E-state index contributed by atoms with van der Waals surface area (Å²) >= 11 is 1.73. The molecule has 0 unspecified atom stereocenters. The summed E-state index contributed by atoms with van der Waals surface area (Å²) in [5, 5.41) is 6.74. The Balaban J connectivity index is 1.67. The first-order valence-electron chi connectivity index (χ1n) is 7.13. The molecule has 0 atom stereocenters. The highest BCUT2D eigenvalue weighted by molar-refractivity contribution is 7.14. The number of rotatable bonds is 4. The first kappa shape index (κ1) is 11.5. The Labute approximate surface area is 117 Å². The van der Waals surface area contributed by atoms with E-state index in [1.54, 1.807) is 11.3 Å². The van der Waals surface area contributed by atoms with Crippen LogP contribution in [0, 0.1) is 13.8 Å². The minimum Gasteiger partial charge on any atom is -0.359 e. The van der Waals surface area contributed by atoms with E-state index in [2.05, 4.69) is 35.2 Å². The van der Waals surface area contributed by atoms with Gasteiger partial charge in [0, 0.05) is 34.4 Å². The van der Waals surface area contributed by atoms with E-state index in [-0.39, 0.29) is 0 Å². The summed E-state index contributed by atoms with van der Waals surface area (Å²) in [5.74, 6) is 0. The van der Waals surface area contributed by atoms with Gasteiger partial charge in [0.25, 0.3) is 0 Å². The molecule has 100 valence electrons. The van der Waals surface area contributed by atoms with Crippen molar-refractivity contribution < 1.29 is 0 Å². The molecule has 0 bridgehead atoms. The molecule has 2 aromatic heterocycles. The van der Waals surface area contributed by atoms with Gasteiger partial charge in [0.2, 0.25) is 0 Å². The molecular weight excluding hydrogens is 254 g/mol. The van der Waals surface area contributed by atoms with Gasteiger partial charge >= 0.3 is 0 Å². The van der Waals surface area contributed by atoms with Crippen molar-refractivity contribution >= 4 is 16.5 Å². The average molecular weight is 273 g/mol. The van der Waals surface area contributed by atoms with Crippen molar-refractivity contribution in [1.29, 1.82) is 0 Å². The fourth-order valence-corrected chi connectivity index (χ4v) is 3.59. The SMILES string of the molecule is Cc1cc(-c2csc(NC3CC3)n2)c(C)n1C1CC1. The third-order valence-electron chi connectivity index (χ3n) is 4.08. The van der Waals surface area contributed by atoms with Gasteiger partial charge < -0.3 is 9.88 Å². The quantitative estimate of drug-likeness (QED) is 0.907. The zero-order valence-electron chi connectivity index (χ0n) is 11.4. The van der Waals surface area contributed by atoms with Crippen molar-refractivity contribution in [1.82, 2.24) is 9.55 Å². The lowest BCUT2D eigenvalue weighted by atomic mass is 10.2. The van der Waals surface area contributed by atoms with Gasteiger partial charge in [0.1, 0.15) is 0 Å². The lowest BCUT2D eigenvalue weighted by molar-refractivity contribution is 0.700. The van der Waals surface area contributed by atoms with Crippen LogP contribution in [0.3, 0.4) is 0 Å². The molecule has 4 rings (SSSR count). The first-order valence-corrected chi connectivity index (χ1v) is 8.01. The van der Waals surface area contributed by atoms with Crippen LogP contribution in [0.15, 0.2) is 11.4 Å². The van der Waals surface area contributed by atoms with Crippen LogP contribution in [-0.2, 0) is 0 Å². The van der Waals surface area contributed by atoms with Gasteiger partial charge in [-0.25, -0.2) is 4.98 Å². The Bertz CT molecular complexity index is 617.